The molecule has 4 heteroatoms. The minimum Gasteiger partial charge on any atom is -0.354 e. The van der Waals surface area contributed by atoms with E-state index in [2.05, 4.69) is 136 Å². The Morgan fingerprint density at radius 2 is 0.769 bits per heavy atom. The number of hydrogen-bond acceptors (Lipinski definition) is 0. The van der Waals surface area contributed by atoms with Crippen molar-refractivity contribution in [2.45, 2.75) is 41.5 Å². The molecule has 0 unspecified atom stereocenters. The Morgan fingerprint density at radius 3 is 1.13 bits per heavy atom. The summed E-state index contributed by atoms with van der Waals surface area (Å²) in [6, 6.07) is 39.1. The maximum Gasteiger partial charge on any atom is 0.0559 e. The highest BCUT2D eigenvalue weighted by atomic mass is 35.5. The van der Waals surface area contributed by atoms with Crippen molar-refractivity contribution >= 4 is 66.8 Å². The second-order valence-corrected chi connectivity index (χ2v) is 15.3. The largest absolute Gasteiger partial charge is 0.354 e. The molecule has 0 radical (unpaired) electrons. The Morgan fingerprint density at radius 1 is 0.404 bits per heavy atom. The zero-order valence-corrected chi connectivity index (χ0v) is 31.7. The van der Waals surface area contributed by atoms with Crippen LogP contribution in [-0.2, 0) is 0 Å². The molecule has 2 nitrogen and oxygen atoms in total. The van der Waals surface area contributed by atoms with Gasteiger partial charge < -0.3 is 9.97 Å². The number of rotatable bonds is 4. The third-order valence-corrected chi connectivity index (χ3v) is 11.5. The van der Waals surface area contributed by atoms with Crippen molar-refractivity contribution < 1.29 is 0 Å². The van der Waals surface area contributed by atoms with E-state index in [1.807, 2.05) is 24.3 Å². The molecule has 0 saturated carbocycles. The Labute approximate surface area is 314 Å². The standard InChI is InChI=1S/C48H38Cl2N2/c1-25-19-27(3)41(28(4)20-25)31-15-17-39-35(23-31)45-43(33-11-7-9-13-37(33)49)48-46(44(47(45)51-39)34-12-8-10-14-38(34)50)36-24-32(16-18-40(36)52-48)42-29(5)21-26(2)22-30(42)6/h7-24,51-52H,1-6H3. The van der Waals surface area contributed by atoms with Crippen LogP contribution in [0.3, 0.4) is 0 Å². The number of H-pyrrole nitrogens is 2. The molecule has 0 aliphatic heterocycles. The average molecular weight is 714 g/mol. The number of benzene rings is 7. The molecule has 0 fully saturated rings. The van der Waals surface area contributed by atoms with Crippen molar-refractivity contribution in [3.05, 3.63) is 153 Å². The summed E-state index contributed by atoms with van der Waals surface area (Å²) in [5.74, 6) is 0. The maximum atomic E-state index is 7.15. The quantitative estimate of drug-likeness (QED) is 0.182. The van der Waals surface area contributed by atoms with E-state index in [-0.39, 0.29) is 0 Å². The molecule has 9 rings (SSSR count). The molecule has 0 spiro atoms. The zero-order valence-electron chi connectivity index (χ0n) is 30.1. The highest BCUT2D eigenvalue weighted by Crippen LogP contribution is 2.51. The third kappa shape index (κ3) is 5.00. The van der Waals surface area contributed by atoms with E-state index in [1.54, 1.807) is 0 Å². The van der Waals surface area contributed by atoms with Crippen molar-refractivity contribution in [2.75, 3.05) is 0 Å². The molecule has 2 aromatic heterocycles. The Bertz CT molecular complexity index is 2690. The Hall–Kier alpha value is -5.28. The van der Waals surface area contributed by atoms with Gasteiger partial charge in [-0.3, -0.25) is 0 Å². The van der Waals surface area contributed by atoms with E-state index in [1.165, 1.54) is 55.6 Å². The SMILES string of the molecule is Cc1cc(C)c(-c2ccc3[nH]c4c(-c5ccccc5Cl)c5c([nH]c6ccc(-c7c(C)cc(C)cc7C)cc65)c(-c5ccccc5Cl)c4c3c2)c(C)c1. The van der Waals surface area contributed by atoms with Crippen LogP contribution in [0.1, 0.15) is 33.4 Å². The lowest BCUT2D eigenvalue weighted by Gasteiger charge is -2.16. The van der Waals surface area contributed by atoms with Crippen LogP contribution in [0, 0.1) is 41.5 Å². The summed E-state index contributed by atoms with van der Waals surface area (Å²) in [6.07, 6.45) is 0. The second-order valence-electron chi connectivity index (χ2n) is 14.5. The highest BCUT2D eigenvalue weighted by molar-refractivity contribution is 6.39. The van der Waals surface area contributed by atoms with E-state index < -0.39 is 0 Å². The third-order valence-electron chi connectivity index (χ3n) is 10.8. The van der Waals surface area contributed by atoms with Gasteiger partial charge in [-0.25, -0.2) is 0 Å². The number of aromatic amines is 2. The van der Waals surface area contributed by atoms with Crippen LogP contribution in [-0.4, -0.2) is 9.97 Å². The first-order chi connectivity index (χ1) is 25.1. The molecule has 9 aromatic rings. The molecule has 52 heavy (non-hydrogen) atoms. The van der Waals surface area contributed by atoms with E-state index in [9.17, 15) is 0 Å². The van der Waals surface area contributed by atoms with Gasteiger partial charge in [0, 0.05) is 64.9 Å². The predicted molar refractivity (Wildman–Crippen MR) is 225 cm³/mol. The zero-order chi connectivity index (χ0) is 36.0. The van der Waals surface area contributed by atoms with Gasteiger partial charge >= 0.3 is 0 Å². The lowest BCUT2D eigenvalue weighted by atomic mass is 9.88. The van der Waals surface area contributed by atoms with Crippen molar-refractivity contribution in [1.82, 2.24) is 9.97 Å². The van der Waals surface area contributed by atoms with Crippen LogP contribution >= 0.6 is 23.2 Å². The minimum absolute atomic E-state index is 0.705. The monoisotopic (exact) mass is 712 g/mol. The summed E-state index contributed by atoms with van der Waals surface area (Å²) < 4.78 is 0. The normalized spacial score (nSPS) is 11.8. The molecule has 0 bridgehead atoms. The van der Waals surface area contributed by atoms with E-state index in [4.69, 9.17) is 23.2 Å². The lowest BCUT2D eigenvalue weighted by molar-refractivity contribution is 1.32. The average Bonchev–Trinajstić information content (AvgIpc) is 3.66. The summed E-state index contributed by atoms with van der Waals surface area (Å²) in [5.41, 5.74) is 20.9. The molecule has 0 saturated heterocycles. The molecule has 0 amide bonds. The maximum absolute atomic E-state index is 7.15. The van der Waals surface area contributed by atoms with Crippen LogP contribution in [0.5, 0.6) is 0 Å². The number of nitrogens with one attached hydrogen (secondary N) is 2. The van der Waals surface area contributed by atoms with Gasteiger partial charge in [-0.15, -0.1) is 0 Å². The fourth-order valence-electron chi connectivity index (χ4n) is 8.98. The smallest absolute Gasteiger partial charge is 0.0559 e. The highest BCUT2D eigenvalue weighted by Gasteiger charge is 2.26. The molecular formula is C48H38Cl2N2. The van der Waals surface area contributed by atoms with Gasteiger partial charge in [0.25, 0.3) is 0 Å². The topological polar surface area (TPSA) is 31.6 Å². The van der Waals surface area contributed by atoms with Crippen molar-refractivity contribution in [2.24, 2.45) is 0 Å². The summed E-state index contributed by atoms with van der Waals surface area (Å²) in [6.45, 7) is 13.2. The molecule has 0 atom stereocenters. The van der Waals surface area contributed by atoms with Gasteiger partial charge in [0.2, 0.25) is 0 Å². The Kier molecular flexibility index (Phi) is 7.63. The first kappa shape index (κ1) is 32.6. The fraction of sp³-hybridized carbons (Fsp3) is 0.125. The summed E-state index contributed by atoms with van der Waals surface area (Å²) in [7, 11) is 0. The Balaban J connectivity index is 1.49. The van der Waals surface area contributed by atoms with Gasteiger partial charge in [0.1, 0.15) is 0 Å². The van der Waals surface area contributed by atoms with Crippen LogP contribution in [0.2, 0.25) is 10.0 Å². The van der Waals surface area contributed by atoms with Crippen LogP contribution in [0.4, 0.5) is 0 Å². The van der Waals surface area contributed by atoms with Gasteiger partial charge in [-0.1, -0.05) is 107 Å². The lowest BCUT2D eigenvalue weighted by Crippen LogP contribution is -1.91. The number of aryl methyl sites for hydroxylation is 6. The molecule has 254 valence electrons. The summed E-state index contributed by atoms with van der Waals surface area (Å²) in [5, 5.41) is 5.93. The molecule has 2 heterocycles. The number of halogens is 2. The van der Waals surface area contributed by atoms with E-state index in [0.717, 1.165) is 65.9 Å². The van der Waals surface area contributed by atoms with E-state index >= 15 is 0 Å². The molecular weight excluding hydrogens is 675 g/mol. The number of fused-ring (bicyclic) bond motifs is 6. The van der Waals surface area contributed by atoms with Crippen molar-refractivity contribution in [1.29, 1.82) is 0 Å². The molecule has 0 aliphatic rings. The van der Waals surface area contributed by atoms with Gasteiger partial charge in [0.15, 0.2) is 0 Å². The van der Waals surface area contributed by atoms with Gasteiger partial charge in [-0.2, -0.15) is 0 Å². The number of hydrogen-bond donors (Lipinski definition) is 2. The van der Waals surface area contributed by atoms with Gasteiger partial charge in [-0.05, 0) is 122 Å². The minimum atomic E-state index is 0.705. The first-order valence-electron chi connectivity index (χ1n) is 17.8. The predicted octanol–water partition coefficient (Wildman–Crippen LogP) is 14.8. The van der Waals surface area contributed by atoms with Crippen molar-refractivity contribution in [3.8, 4) is 44.5 Å². The van der Waals surface area contributed by atoms with Crippen LogP contribution in [0.25, 0.3) is 88.1 Å². The number of aromatic nitrogens is 2. The molecule has 7 aromatic carbocycles. The first-order valence-corrected chi connectivity index (χ1v) is 18.6. The molecule has 0 aliphatic carbocycles. The fourth-order valence-corrected chi connectivity index (χ4v) is 9.44. The second kappa shape index (κ2) is 12.2. The molecule has 2 N–H and O–H groups in total. The van der Waals surface area contributed by atoms with Gasteiger partial charge in [0.05, 0.1) is 11.0 Å². The van der Waals surface area contributed by atoms with E-state index in [0.29, 0.717) is 10.0 Å². The summed E-state index contributed by atoms with van der Waals surface area (Å²) in [4.78, 5) is 7.84. The summed E-state index contributed by atoms with van der Waals surface area (Å²) >= 11 is 14.3. The van der Waals surface area contributed by atoms with Crippen molar-refractivity contribution in [3.63, 3.8) is 0 Å². The van der Waals surface area contributed by atoms with Crippen LogP contribution in [0.15, 0.2) is 109 Å². The van der Waals surface area contributed by atoms with Crippen LogP contribution < -0.4 is 0 Å².